The van der Waals surface area contributed by atoms with Crippen LogP contribution in [-0.2, 0) is 0 Å². The van der Waals surface area contributed by atoms with Crippen molar-refractivity contribution in [3.05, 3.63) is 65.8 Å². The minimum Gasteiger partial charge on any atom is -0.361 e. The smallest absolute Gasteiger partial charge is 0.257 e. The molecule has 0 spiro atoms. The Hall–Kier alpha value is -3.22. The van der Waals surface area contributed by atoms with Crippen molar-refractivity contribution in [1.82, 2.24) is 20.0 Å². The number of rotatable bonds is 4. The third-order valence-corrected chi connectivity index (χ3v) is 4.68. The van der Waals surface area contributed by atoms with Gasteiger partial charge in [-0.3, -0.25) is 4.79 Å². The third kappa shape index (κ3) is 3.81. The van der Waals surface area contributed by atoms with Crippen LogP contribution in [0.3, 0.4) is 0 Å². The number of hydrogen-bond donors (Lipinski definition) is 1. The van der Waals surface area contributed by atoms with Crippen LogP contribution >= 0.6 is 0 Å². The summed E-state index contributed by atoms with van der Waals surface area (Å²) in [5.74, 6) is 1.13. The molecule has 0 unspecified atom stereocenters. The molecule has 1 atom stereocenters. The lowest BCUT2D eigenvalue weighted by Gasteiger charge is -2.34. The molecule has 1 aliphatic rings. The van der Waals surface area contributed by atoms with Crippen LogP contribution in [-0.4, -0.2) is 32.5 Å². The predicted octanol–water partition coefficient (Wildman–Crippen LogP) is 3.88. The summed E-state index contributed by atoms with van der Waals surface area (Å²) in [7, 11) is 0. The number of carbonyl (C=O) groups excluding carboxylic acids is 1. The van der Waals surface area contributed by atoms with Gasteiger partial charge in [-0.15, -0.1) is 0 Å². The molecule has 0 bridgehead atoms. The van der Waals surface area contributed by atoms with Gasteiger partial charge < -0.3 is 14.7 Å². The number of carbonyl (C=O) groups is 1. The van der Waals surface area contributed by atoms with E-state index in [-0.39, 0.29) is 11.9 Å². The number of para-hydroxylation sites is 1. The molecule has 138 valence electrons. The number of benzene rings is 1. The molecule has 3 aromatic rings. The van der Waals surface area contributed by atoms with E-state index in [4.69, 9.17) is 4.52 Å². The predicted molar refractivity (Wildman–Crippen MR) is 101 cm³/mol. The average Bonchev–Trinajstić information content (AvgIpc) is 3.15. The average molecular weight is 363 g/mol. The summed E-state index contributed by atoms with van der Waals surface area (Å²) in [6, 6.07) is 11.5. The molecule has 7 heteroatoms. The highest BCUT2D eigenvalue weighted by atomic mass is 16.5. The van der Waals surface area contributed by atoms with E-state index in [1.165, 1.54) is 0 Å². The molecule has 0 aliphatic carbocycles. The lowest BCUT2D eigenvalue weighted by Crippen LogP contribution is -2.38. The first kappa shape index (κ1) is 17.2. The van der Waals surface area contributed by atoms with Gasteiger partial charge in [-0.25, -0.2) is 9.97 Å². The molecular weight excluding hydrogens is 342 g/mol. The molecule has 1 amide bonds. The first-order valence-corrected chi connectivity index (χ1v) is 9.09. The lowest BCUT2D eigenvalue weighted by atomic mass is 9.98. The second-order valence-corrected chi connectivity index (χ2v) is 6.66. The maximum Gasteiger partial charge on any atom is 0.257 e. The maximum absolute atomic E-state index is 13.0. The van der Waals surface area contributed by atoms with E-state index in [0.29, 0.717) is 18.1 Å². The highest BCUT2D eigenvalue weighted by molar-refractivity contribution is 5.94. The summed E-state index contributed by atoms with van der Waals surface area (Å²) in [6.45, 7) is 2.55. The van der Waals surface area contributed by atoms with Crippen LogP contribution in [0, 0.1) is 6.92 Å². The normalized spacial score (nSPS) is 16.9. The summed E-state index contributed by atoms with van der Waals surface area (Å²) in [4.78, 5) is 23.5. The number of likely N-dealkylation sites (tertiary alicyclic amines) is 1. The highest BCUT2D eigenvalue weighted by Gasteiger charge is 2.31. The fraction of sp³-hybridized carbons (Fsp3) is 0.300. The molecule has 0 radical (unpaired) electrons. The first-order valence-electron chi connectivity index (χ1n) is 9.09. The van der Waals surface area contributed by atoms with Crippen LogP contribution in [0.4, 0.5) is 11.6 Å². The molecular formula is C20H21N5O2. The SMILES string of the molecule is Cc1cc([C@H]2CCCCN2C(=O)c2cnc(Nc3ccccc3)nc2)no1. The Bertz CT molecular complexity index is 908. The highest BCUT2D eigenvalue weighted by Crippen LogP contribution is 2.31. The van der Waals surface area contributed by atoms with Gasteiger partial charge in [-0.1, -0.05) is 23.4 Å². The number of hydrogen-bond acceptors (Lipinski definition) is 6. The van der Waals surface area contributed by atoms with Crippen LogP contribution in [0.25, 0.3) is 0 Å². The van der Waals surface area contributed by atoms with E-state index < -0.39 is 0 Å². The number of aryl methyl sites for hydroxylation is 1. The van der Waals surface area contributed by atoms with E-state index in [9.17, 15) is 4.79 Å². The monoisotopic (exact) mass is 363 g/mol. The Labute approximate surface area is 157 Å². The Morgan fingerprint density at radius 1 is 1.19 bits per heavy atom. The topological polar surface area (TPSA) is 84.2 Å². The van der Waals surface area contributed by atoms with Crippen molar-refractivity contribution >= 4 is 17.5 Å². The first-order chi connectivity index (χ1) is 13.2. The van der Waals surface area contributed by atoms with Gasteiger partial charge in [-0.2, -0.15) is 0 Å². The van der Waals surface area contributed by atoms with Crippen molar-refractivity contribution in [2.24, 2.45) is 0 Å². The number of nitrogens with zero attached hydrogens (tertiary/aromatic N) is 4. The van der Waals surface area contributed by atoms with Gasteiger partial charge in [0, 0.05) is 30.7 Å². The van der Waals surface area contributed by atoms with Crippen LogP contribution in [0.1, 0.15) is 47.1 Å². The van der Waals surface area contributed by atoms with Crippen LogP contribution in [0.15, 0.2) is 53.3 Å². The van der Waals surface area contributed by atoms with Crippen molar-refractivity contribution in [1.29, 1.82) is 0 Å². The van der Waals surface area contributed by atoms with E-state index in [1.807, 2.05) is 48.2 Å². The molecule has 27 heavy (non-hydrogen) atoms. The van der Waals surface area contributed by atoms with E-state index >= 15 is 0 Å². The van der Waals surface area contributed by atoms with E-state index in [2.05, 4.69) is 20.4 Å². The molecule has 1 N–H and O–H groups in total. The third-order valence-electron chi connectivity index (χ3n) is 4.68. The van der Waals surface area contributed by atoms with Gasteiger partial charge in [0.05, 0.1) is 11.6 Å². The largest absolute Gasteiger partial charge is 0.361 e. The number of piperidine rings is 1. The van der Waals surface area contributed by atoms with Crippen LogP contribution in [0.5, 0.6) is 0 Å². The fourth-order valence-corrected chi connectivity index (χ4v) is 3.34. The summed E-state index contributed by atoms with van der Waals surface area (Å²) < 4.78 is 5.20. The summed E-state index contributed by atoms with van der Waals surface area (Å²) >= 11 is 0. The Balaban J connectivity index is 1.50. The van der Waals surface area contributed by atoms with Crippen molar-refractivity contribution in [2.45, 2.75) is 32.2 Å². The Kier molecular flexibility index (Phi) is 4.82. The Morgan fingerprint density at radius 2 is 1.96 bits per heavy atom. The van der Waals surface area contributed by atoms with Gasteiger partial charge in [0.1, 0.15) is 11.5 Å². The molecule has 0 saturated carbocycles. The number of anilines is 2. The van der Waals surface area contributed by atoms with Crippen LogP contribution in [0.2, 0.25) is 0 Å². The minimum absolute atomic E-state index is 0.0641. The maximum atomic E-state index is 13.0. The summed E-state index contributed by atoms with van der Waals surface area (Å²) in [5, 5.41) is 7.23. The molecule has 1 saturated heterocycles. The number of aromatic nitrogens is 3. The standard InChI is InChI=1S/C20H21N5O2/c1-14-11-17(24-27-14)18-9-5-6-10-25(18)19(26)15-12-21-20(22-13-15)23-16-7-3-2-4-8-16/h2-4,7-8,11-13,18H,5-6,9-10H2,1H3,(H,21,22,23)/t18-/m1/s1. The molecule has 2 aromatic heterocycles. The summed E-state index contributed by atoms with van der Waals surface area (Å²) in [6.07, 6.45) is 6.07. The van der Waals surface area contributed by atoms with Gasteiger partial charge in [-0.05, 0) is 38.3 Å². The molecule has 7 nitrogen and oxygen atoms in total. The number of amides is 1. The van der Waals surface area contributed by atoms with E-state index in [1.54, 1.807) is 12.4 Å². The molecule has 3 heterocycles. The zero-order valence-corrected chi connectivity index (χ0v) is 15.1. The quantitative estimate of drug-likeness (QED) is 0.757. The van der Waals surface area contributed by atoms with Gasteiger partial charge in [0.2, 0.25) is 5.95 Å². The van der Waals surface area contributed by atoms with E-state index in [0.717, 1.165) is 36.4 Å². The molecule has 1 aromatic carbocycles. The van der Waals surface area contributed by atoms with Gasteiger partial charge in [0.15, 0.2) is 0 Å². The molecule has 1 aliphatic heterocycles. The van der Waals surface area contributed by atoms with Crippen molar-refractivity contribution < 1.29 is 9.32 Å². The summed E-state index contributed by atoms with van der Waals surface area (Å²) in [5.41, 5.74) is 2.18. The van der Waals surface area contributed by atoms with Crippen LogP contribution < -0.4 is 5.32 Å². The molecule has 1 fully saturated rings. The fourth-order valence-electron chi connectivity index (χ4n) is 3.34. The number of nitrogens with one attached hydrogen (secondary N) is 1. The lowest BCUT2D eigenvalue weighted by molar-refractivity contribution is 0.0601. The van der Waals surface area contributed by atoms with Crippen molar-refractivity contribution in [2.75, 3.05) is 11.9 Å². The van der Waals surface area contributed by atoms with Crippen molar-refractivity contribution in [3.8, 4) is 0 Å². The zero-order valence-electron chi connectivity index (χ0n) is 15.1. The van der Waals surface area contributed by atoms with Gasteiger partial charge in [0.25, 0.3) is 5.91 Å². The second kappa shape index (κ2) is 7.57. The minimum atomic E-state index is -0.0772. The second-order valence-electron chi connectivity index (χ2n) is 6.66. The molecule has 4 rings (SSSR count). The van der Waals surface area contributed by atoms with Gasteiger partial charge >= 0.3 is 0 Å². The van der Waals surface area contributed by atoms with Crippen molar-refractivity contribution in [3.63, 3.8) is 0 Å². The Morgan fingerprint density at radius 3 is 2.67 bits per heavy atom. The zero-order chi connectivity index (χ0) is 18.6.